The van der Waals surface area contributed by atoms with Crippen molar-refractivity contribution in [3.8, 4) is 5.75 Å². The van der Waals surface area contributed by atoms with Crippen molar-refractivity contribution in [1.82, 2.24) is 0 Å². The van der Waals surface area contributed by atoms with Gasteiger partial charge in [-0.05, 0) is 56.2 Å². The van der Waals surface area contributed by atoms with Crippen LogP contribution in [0.5, 0.6) is 5.75 Å². The Morgan fingerprint density at radius 3 is 2.71 bits per heavy atom. The monoisotopic (exact) mass is 251 g/mol. The van der Waals surface area contributed by atoms with Crippen LogP contribution in [0.25, 0.3) is 0 Å². The van der Waals surface area contributed by atoms with Gasteiger partial charge in [0.2, 0.25) is 0 Å². The standard InChI is InChI=1S/C14H18ClNO/c1-9-6-10(8-14(16)4-5-14)13(12(15)7-9)17-11-2-3-11/h6-7,11H,2-5,8,16H2,1H3. The third-order valence-electron chi connectivity index (χ3n) is 3.51. The van der Waals surface area contributed by atoms with Gasteiger partial charge in [0.15, 0.2) is 0 Å². The lowest BCUT2D eigenvalue weighted by molar-refractivity contribution is 0.299. The number of rotatable bonds is 4. The lowest BCUT2D eigenvalue weighted by Gasteiger charge is -2.16. The molecule has 0 bridgehead atoms. The summed E-state index contributed by atoms with van der Waals surface area (Å²) < 4.78 is 5.93. The number of hydrogen-bond acceptors (Lipinski definition) is 2. The van der Waals surface area contributed by atoms with Crippen LogP contribution in [-0.2, 0) is 6.42 Å². The van der Waals surface area contributed by atoms with E-state index in [9.17, 15) is 0 Å². The first-order valence-corrected chi connectivity index (χ1v) is 6.68. The molecule has 0 aliphatic heterocycles. The molecule has 17 heavy (non-hydrogen) atoms. The molecule has 3 heteroatoms. The van der Waals surface area contributed by atoms with Gasteiger partial charge in [0.25, 0.3) is 0 Å². The average molecular weight is 252 g/mol. The number of nitrogens with two attached hydrogens (primary N) is 1. The molecule has 2 fully saturated rings. The highest BCUT2D eigenvalue weighted by atomic mass is 35.5. The third kappa shape index (κ3) is 2.58. The fourth-order valence-electron chi connectivity index (χ4n) is 2.13. The number of hydrogen-bond donors (Lipinski definition) is 1. The van der Waals surface area contributed by atoms with E-state index in [1.165, 1.54) is 11.1 Å². The Morgan fingerprint density at radius 2 is 2.12 bits per heavy atom. The van der Waals surface area contributed by atoms with Gasteiger partial charge < -0.3 is 10.5 Å². The highest BCUT2D eigenvalue weighted by molar-refractivity contribution is 6.32. The van der Waals surface area contributed by atoms with E-state index in [0.717, 1.165) is 42.9 Å². The zero-order valence-electron chi connectivity index (χ0n) is 10.1. The van der Waals surface area contributed by atoms with Crippen molar-refractivity contribution in [2.75, 3.05) is 0 Å². The van der Waals surface area contributed by atoms with E-state index in [0.29, 0.717) is 6.10 Å². The van der Waals surface area contributed by atoms with Crippen LogP contribution < -0.4 is 10.5 Å². The second-order valence-electron chi connectivity index (χ2n) is 5.59. The van der Waals surface area contributed by atoms with Crippen LogP contribution in [0.15, 0.2) is 12.1 Å². The summed E-state index contributed by atoms with van der Waals surface area (Å²) in [5, 5.41) is 0.733. The van der Waals surface area contributed by atoms with Gasteiger partial charge >= 0.3 is 0 Å². The molecule has 2 N–H and O–H groups in total. The zero-order chi connectivity index (χ0) is 12.0. The molecule has 1 aromatic carbocycles. The molecule has 3 rings (SSSR count). The van der Waals surface area contributed by atoms with Crippen LogP contribution in [0.3, 0.4) is 0 Å². The maximum Gasteiger partial charge on any atom is 0.141 e. The summed E-state index contributed by atoms with van der Waals surface area (Å²) in [6.07, 6.45) is 5.79. The fraction of sp³-hybridized carbons (Fsp3) is 0.571. The topological polar surface area (TPSA) is 35.2 Å². The summed E-state index contributed by atoms with van der Waals surface area (Å²) in [5.74, 6) is 0.872. The molecule has 1 aromatic rings. The predicted molar refractivity (Wildman–Crippen MR) is 69.7 cm³/mol. The lowest BCUT2D eigenvalue weighted by Crippen LogP contribution is -2.25. The summed E-state index contributed by atoms with van der Waals surface area (Å²) >= 11 is 6.29. The van der Waals surface area contributed by atoms with Crippen LogP contribution in [-0.4, -0.2) is 11.6 Å². The predicted octanol–water partition coefficient (Wildman–Crippen LogP) is 3.22. The fourth-order valence-corrected chi connectivity index (χ4v) is 2.47. The van der Waals surface area contributed by atoms with Gasteiger partial charge in [-0.25, -0.2) is 0 Å². The first-order valence-electron chi connectivity index (χ1n) is 6.30. The summed E-state index contributed by atoms with van der Waals surface area (Å²) in [6.45, 7) is 2.06. The van der Waals surface area contributed by atoms with E-state index in [-0.39, 0.29) is 5.54 Å². The summed E-state index contributed by atoms with van der Waals surface area (Å²) in [6, 6.07) is 4.13. The van der Waals surface area contributed by atoms with E-state index in [4.69, 9.17) is 22.1 Å². The molecule has 2 saturated carbocycles. The van der Waals surface area contributed by atoms with Crippen molar-refractivity contribution in [3.63, 3.8) is 0 Å². The minimum absolute atomic E-state index is 0.00121. The van der Waals surface area contributed by atoms with Gasteiger partial charge in [-0.15, -0.1) is 0 Å². The highest BCUT2D eigenvalue weighted by Crippen LogP contribution is 2.42. The molecule has 0 heterocycles. The lowest BCUT2D eigenvalue weighted by atomic mass is 10.0. The molecule has 0 radical (unpaired) electrons. The molecule has 92 valence electrons. The Balaban J connectivity index is 1.91. The maximum atomic E-state index is 6.29. The molecule has 0 unspecified atom stereocenters. The average Bonchev–Trinajstić information content (AvgIpc) is 3.11. The molecule has 0 saturated heterocycles. The summed E-state index contributed by atoms with van der Waals surface area (Å²) in [7, 11) is 0. The van der Waals surface area contributed by atoms with Crippen LogP contribution in [0.4, 0.5) is 0 Å². The second-order valence-corrected chi connectivity index (χ2v) is 6.00. The minimum Gasteiger partial charge on any atom is -0.489 e. The Bertz CT molecular complexity index is 450. The Hall–Kier alpha value is -0.730. The van der Waals surface area contributed by atoms with Gasteiger partial charge in [0, 0.05) is 5.54 Å². The molecule has 0 amide bonds. The maximum absolute atomic E-state index is 6.29. The third-order valence-corrected chi connectivity index (χ3v) is 3.79. The van der Waals surface area contributed by atoms with E-state index in [2.05, 4.69) is 13.0 Å². The summed E-state index contributed by atoms with van der Waals surface area (Å²) in [4.78, 5) is 0. The van der Waals surface area contributed by atoms with Crippen molar-refractivity contribution in [2.24, 2.45) is 5.73 Å². The normalized spacial score (nSPS) is 21.4. The van der Waals surface area contributed by atoms with Crippen molar-refractivity contribution in [1.29, 1.82) is 0 Å². The van der Waals surface area contributed by atoms with Gasteiger partial charge in [0.05, 0.1) is 11.1 Å². The molecular formula is C14H18ClNO. The summed E-state index contributed by atoms with van der Waals surface area (Å²) in [5.41, 5.74) is 8.55. The number of halogens is 1. The SMILES string of the molecule is Cc1cc(Cl)c(OC2CC2)c(CC2(N)CC2)c1. The number of ether oxygens (including phenoxy) is 1. The van der Waals surface area contributed by atoms with Crippen molar-refractivity contribution in [2.45, 2.75) is 50.7 Å². The van der Waals surface area contributed by atoms with Crippen molar-refractivity contribution < 1.29 is 4.74 Å². The number of aryl methyl sites for hydroxylation is 1. The highest BCUT2D eigenvalue weighted by Gasteiger charge is 2.39. The molecule has 2 nitrogen and oxygen atoms in total. The quantitative estimate of drug-likeness (QED) is 0.892. The molecule has 0 spiro atoms. The smallest absolute Gasteiger partial charge is 0.141 e. The number of benzene rings is 1. The van der Waals surface area contributed by atoms with Gasteiger partial charge in [-0.1, -0.05) is 17.7 Å². The van der Waals surface area contributed by atoms with E-state index >= 15 is 0 Å². The molecule has 0 aromatic heterocycles. The van der Waals surface area contributed by atoms with Crippen LogP contribution in [0.2, 0.25) is 5.02 Å². The molecule has 2 aliphatic carbocycles. The molecule has 2 aliphatic rings. The van der Waals surface area contributed by atoms with Crippen molar-refractivity contribution in [3.05, 3.63) is 28.3 Å². The van der Waals surface area contributed by atoms with Gasteiger partial charge in [0.1, 0.15) is 5.75 Å². The van der Waals surface area contributed by atoms with E-state index in [1.54, 1.807) is 0 Å². The van der Waals surface area contributed by atoms with Crippen LogP contribution in [0, 0.1) is 6.92 Å². The van der Waals surface area contributed by atoms with E-state index < -0.39 is 0 Å². The van der Waals surface area contributed by atoms with Crippen LogP contribution >= 0.6 is 11.6 Å². The largest absolute Gasteiger partial charge is 0.489 e. The first-order chi connectivity index (χ1) is 8.06. The van der Waals surface area contributed by atoms with Gasteiger partial charge in [-0.2, -0.15) is 0 Å². The molecule has 0 atom stereocenters. The first kappa shape index (κ1) is 11.4. The van der Waals surface area contributed by atoms with Crippen molar-refractivity contribution >= 4 is 11.6 Å². The Kier molecular flexibility index (Phi) is 2.60. The van der Waals surface area contributed by atoms with E-state index in [1.807, 2.05) is 6.07 Å². The van der Waals surface area contributed by atoms with Crippen LogP contribution in [0.1, 0.15) is 36.8 Å². The minimum atomic E-state index is -0.00121. The Labute approximate surface area is 107 Å². The van der Waals surface area contributed by atoms with Gasteiger partial charge in [-0.3, -0.25) is 0 Å². The molecular weight excluding hydrogens is 234 g/mol. The second kappa shape index (κ2) is 3.89. The zero-order valence-corrected chi connectivity index (χ0v) is 10.9. The Morgan fingerprint density at radius 1 is 1.41 bits per heavy atom.